The second-order valence-corrected chi connectivity index (χ2v) is 4.28. The summed E-state index contributed by atoms with van der Waals surface area (Å²) in [6.45, 7) is 0.839. The summed E-state index contributed by atoms with van der Waals surface area (Å²) in [6, 6.07) is 9.86. The van der Waals surface area contributed by atoms with Gasteiger partial charge in [0.2, 0.25) is 0 Å². The van der Waals surface area contributed by atoms with E-state index >= 15 is 0 Å². The standard InChI is InChI=1S/C12H12BrN3/c13-10-4-5-12(16-9-10)15-8-6-11-3-1-2-7-14-11/h1-5,7,9H,6,8H2,(H,15,16). The van der Waals surface area contributed by atoms with Crippen LogP contribution in [0.15, 0.2) is 47.2 Å². The van der Waals surface area contributed by atoms with Crippen molar-refractivity contribution in [3.05, 3.63) is 52.9 Å². The van der Waals surface area contributed by atoms with Crippen LogP contribution in [-0.2, 0) is 6.42 Å². The van der Waals surface area contributed by atoms with Gasteiger partial charge in [0.1, 0.15) is 5.82 Å². The molecule has 0 aliphatic heterocycles. The number of nitrogens with zero attached hydrogens (tertiary/aromatic N) is 2. The van der Waals surface area contributed by atoms with Gasteiger partial charge in [-0.3, -0.25) is 4.98 Å². The maximum Gasteiger partial charge on any atom is 0.125 e. The van der Waals surface area contributed by atoms with Crippen molar-refractivity contribution in [2.45, 2.75) is 6.42 Å². The summed E-state index contributed by atoms with van der Waals surface area (Å²) < 4.78 is 0.989. The van der Waals surface area contributed by atoms with E-state index in [-0.39, 0.29) is 0 Å². The van der Waals surface area contributed by atoms with Gasteiger partial charge in [0, 0.05) is 35.5 Å². The van der Waals surface area contributed by atoms with Crippen LogP contribution in [0.25, 0.3) is 0 Å². The van der Waals surface area contributed by atoms with Crippen molar-refractivity contribution in [1.82, 2.24) is 9.97 Å². The molecule has 0 amide bonds. The van der Waals surface area contributed by atoms with Gasteiger partial charge in [-0.25, -0.2) is 4.98 Å². The van der Waals surface area contributed by atoms with Gasteiger partial charge in [0.25, 0.3) is 0 Å². The van der Waals surface area contributed by atoms with E-state index in [0.29, 0.717) is 0 Å². The van der Waals surface area contributed by atoms with Gasteiger partial charge in [-0.15, -0.1) is 0 Å². The molecule has 0 bridgehead atoms. The number of hydrogen-bond acceptors (Lipinski definition) is 3. The number of rotatable bonds is 4. The lowest BCUT2D eigenvalue weighted by Gasteiger charge is -2.04. The van der Waals surface area contributed by atoms with E-state index in [0.717, 1.165) is 29.0 Å². The summed E-state index contributed by atoms with van der Waals surface area (Å²) in [5.74, 6) is 0.888. The Morgan fingerprint density at radius 3 is 2.75 bits per heavy atom. The smallest absolute Gasteiger partial charge is 0.125 e. The Labute approximate surface area is 103 Å². The van der Waals surface area contributed by atoms with Crippen LogP contribution in [0.1, 0.15) is 5.69 Å². The molecule has 0 spiro atoms. The topological polar surface area (TPSA) is 37.8 Å². The molecule has 0 fully saturated rings. The molecule has 2 rings (SSSR count). The lowest BCUT2D eigenvalue weighted by Crippen LogP contribution is -2.06. The Morgan fingerprint density at radius 1 is 1.12 bits per heavy atom. The van der Waals surface area contributed by atoms with E-state index in [1.807, 2.05) is 36.5 Å². The SMILES string of the molecule is Brc1ccc(NCCc2ccccn2)nc1. The summed E-state index contributed by atoms with van der Waals surface area (Å²) >= 11 is 3.35. The van der Waals surface area contributed by atoms with E-state index in [9.17, 15) is 0 Å². The lowest BCUT2D eigenvalue weighted by atomic mass is 10.3. The highest BCUT2D eigenvalue weighted by molar-refractivity contribution is 9.10. The molecule has 16 heavy (non-hydrogen) atoms. The first kappa shape index (κ1) is 11.1. The van der Waals surface area contributed by atoms with E-state index in [1.54, 1.807) is 6.20 Å². The zero-order valence-electron chi connectivity index (χ0n) is 8.73. The predicted molar refractivity (Wildman–Crippen MR) is 68.4 cm³/mol. The van der Waals surface area contributed by atoms with Crippen molar-refractivity contribution < 1.29 is 0 Å². The Hall–Kier alpha value is -1.42. The number of hydrogen-bond donors (Lipinski definition) is 1. The minimum atomic E-state index is 0.839. The quantitative estimate of drug-likeness (QED) is 0.934. The Kier molecular flexibility index (Phi) is 3.88. The van der Waals surface area contributed by atoms with Crippen molar-refractivity contribution in [2.75, 3.05) is 11.9 Å². The third-order valence-electron chi connectivity index (χ3n) is 2.14. The molecule has 2 aromatic heterocycles. The zero-order valence-corrected chi connectivity index (χ0v) is 10.3. The van der Waals surface area contributed by atoms with Gasteiger partial charge in [-0.05, 0) is 40.2 Å². The summed E-state index contributed by atoms with van der Waals surface area (Å²) in [4.78, 5) is 8.49. The largest absolute Gasteiger partial charge is 0.370 e. The molecule has 0 radical (unpaired) electrons. The Balaban J connectivity index is 1.82. The summed E-state index contributed by atoms with van der Waals surface area (Å²) in [5, 5.41) is 3.25. The number of halogens is 1. The molecular weight excluding hydrogens is 266 g/mol. The lowest BCUT2D eigenvalue weighted by molar-refractivity contribution is 0.954. The van der Waals surface area contributed by atoms with Gasteiger partial charge in [0.15, 0.2) is 0 Å². The van der Waals surface area contributed by atoms with Crippen LogP contribution in [0.4, 0.5) is 5.82 Å². The second-order valence-electron chi connectivity index (χ2n) is 3.36. The highest BCUT2D eigenvalue weighted by Gasteiger charge is 1.95. The molecule has 0 atom stereocenters. The molecule has 0 aromatic carbocycles. The molecule has 0 saturated carbocycles. The van der Waals surface area contributed by atoms with Crippen molar-refractivity contribution >= 4 is 21.7 Å². The summed E-state index contributed by atoms with van der Waals surface area (Å²) in [6.07, 6.45) is 4.49. The Bertz CT molecular complexity index is 428. The number of pyridine rings is 2. The monoisotopic (exact) mass is 277 g/mol. The molecule has 82 valence electrons. The number of anilines is 1. The van der Waals surface area contributed by atoms with Crippen LogP contribution in [0.3, 0.4) is 0 Å². The van der Waals surface area contributed by atoms with Crippen LogP contribution in [0.5, 0.6) is 0 Å². The Morgan fingerprint density at radius 2 is 2.06 bits per heavy atom. The molecule has 0 aliphatic rings. The van der Waals surface area contributed by atoms with E-state index in [1.165, 1.54) is 0 Å². The van der Waals surface area contributed by atoms with Crippen molar-refractivity contribution in [2.24, 2.45) is 0 Å². The van der Waals surface area contributed by atoms with Gasteiger partial charge < -0.3 is 5.32 Å². The third-order valence-corrected chi connectivity index (χ3v) is 2.61. The number of aromatic nitrogens is 2. The minimum absolute atomic E-state index is 0.839. The van der Waals surface area contributed by atoms with Gasteiger partial charge in [0.05, 0.1) is 0 Å². The fourth-order valence-corrected chi connectivity index (χ4v) is 1.58. The van der Waals surface area contributed by atoms with Gasteiger partial charge >= 0.3 is 0 Å². The fourth-order valence-electron chi connectivity index (χ4n) is 1.35. The predicted octanol–water partition coefficient (Wildman–Crippen LogP) is 2.89. The maximum absolute atomic E-state index is 4.26. The highest BCUT2D eigenvalue weighted by atomic mass is 79.9. The first-order valence-corrected chi connectivity index (χ1v) is 5.89. The average molecular weight is 278 g/mol. The molecule has 1 N–H and O–H groups in total. The molecule has 3 nitrogen and oxygen atoms in total. The first-order valence-electron chi connectivity index (χ1n) is 5.10. The highest BCUT2D eigenvalue weighted by Crippen LogP contribution is 2.10. The minimum Gasteiger partial charge on any atom is -0.370 e. The molecule has 2 heterocycles. The van der Waals surface area contributed by atoms with E-state index < -0.39 is 0 Å². The van der Waals surface area contributed by atoms with Crippen LogP contribution < -0.4 is 5.32 Å². The summed E-state index contributed by atoms with van der Waals surface area (Å²) in [5.41, 5.74) is 1.09. The van der Waals surface area contributed by atoms with Gasteiger partial charge in [-0.2, -0.15) is 0 Å². The summed E-state index contributed by atoms with van der Waals surface area (Å²) in [7, 11) is 0. The van der Waals surface area contributed by atoms with Crippen LogP contribution in [0.2, 0.25) is 0 Å². The molecular formula is C12H12BrN3. The average Bonchev–Trinajstić information content (AvgIpc) is 2.33. The van der Waals surface area contributed by atoms with Crippen molar-refractivity contribution in [1.29, 1.82) is 0 Å². The maximum atomic E-state index is 4.26. The zero-order chi connectivity index (χ0) is 11.2. The van der Waals surface area contributed by atoms with Crippen LogP contribution >= 0.6 is 15.9 Å². The normalized spacial score (nSPS) is 10.1. The molecule has 0 unspecified atom stereocenters. The van der Waals surface area contributed by atoms with Crippen LogP contribution in [0, 0.1) is 0 Å². The van der Waals surface area contributed by atoms with E-state index in [2.05, 4.69) is 31.2 Å². The third kappa shape index (κ3) is 3.31. The number of nitrogens with one attached hydrogen (secondary N) is 1. The first-order chi connectivity index (χ1) is 7.84. The molecule has 0 saturated heterocycles. The van der Waals surface area contributed by atoms with Gasteiger partial charge in [-0.1, -0.05) is 6.07 Å². The molecule has 2 aromatic rings. The fraction of sp³-hybridized carbons (Fsp3) is 0.167. The van der Waals surface area contributed by atoms with E-state index in [4.69, 9.17) is 0 Å². The van der Waals surface area contributed by atoms with Crippen LogP contribution in [-0.4, -0.2) is 16.5 Å². The second kappa shape index (κ2) is 5.61. The van der Waals surface area contributed by atoms with Crippen molar-refractivity contribution in [3.8, 4) is 0 Å². The van der Waals surface area contributed by atoms with Crippen molar-refractivity contribution in [3.63, 3.8) is 0 Å². The molecule has 0 aliphatic carbocycles. The molecule has 4 heteroatoms.